The van der Waals surface area contributed by atoms with Crippen molar-refractivity contribution in [3.05, 3.63) is 59.7 Å². The number of amides is 2. The minimum atomic E-state index is -0.855. The van der Waals surface area contributed by atoms with E-state index in [1.165, 1.54) is 0 Å². The third-order valence-corrected chi connectivity index (χ3v) is 5.93. The van der Waals surface area contributed by atoms with E-state index in [0.717, 1.165) is 22.3 Å². The zero-order valence-electron chi connectivity index (χ0n) is 19.8. The van der Waals surface area contributed by atoms with Crippen molar-refractivity contribution in [2.24, 2.45) is 0 Å². The third-order valence-electron chi connectivity index (χ3n) is 5.93. The molecule has 3 rings (SSSR count). The second kappa shape index (κ2) is 12.2. The van der Waals surface area contributed by atoms with Gasteiger partial charge in [-0.1, -0.05) is 48.5 Å². The first-order chi connectivity index (χ1) is 16.4. The minimum absolute atomic E-state index is 0.0542. The first-order valence-electron chi connectivity index (χ1n) is 11.6. The monoisotopic (exact) mass is 467 g/mol. The highest BCUT2D eigenvalue weighted by Crippen LogP contribution is 2.44. The number of unbranched alkanes of at least 4 members (excludes halogenated alkanes) is 1. The number of carbonyl (C=O) groups is 3. The molecule has 2 aromatic rings. The van der Waals surface area contributed by atoms with Gasteiger partial charge in [-0.2, -0.15) is 0 Å². The number of rotatable bonds is 12. The summed E-state index contributed by atoms with van der Waals surface area (Å²) in [5.74, 6) is -1.21. The van der Waals surface area contributed by atoms with Gasteiger partial charge in [-0.3, -0.25) is 9.59 Å². The zero-order chi connectivity index (χ0) is 24.5. The van der Waals surface area contributed by atoms with Crippen LogP contribution in [0.25, 0.3) is 11.1 Å². The van der Waals surface area contributed by atoms with E-state index in [0.29, 0.717) is 32.4 Å². The van der Waals surface area contributed by atoms with Crippen molar-refractivity contribution in [2.45, 2.75) is 37.6 Å². The number of carbonyl (C=O) groups excluding carboxylic acids is 2. The Balaban J connectivity index is 1.57. The largest absolute Gasteiger partial charge is 0.481 e. The molecular formula is C26H33N3O5. The second-order valence-corrected chi connectivity index (χ2v) is 8.76. The molecular weight excluding hydrogens is 434 g/mol. The maximum absolute atomic E-state index is 12.7. The van der Waals surface area contributed by atoms with E-state index in [4.69, 9.17) is 9.84 Å². The summed E-state index contributed by atoms with van der Waals surface area (Å²) in [5, 5.41) is 14.2. The number of carboxylic acid groups (broad SMARTS) is 1. The van der Waals surface area contributed by atoms with Gasteiger partial charge in [-0.05, 0) is 62.2 Å². The van der Waals surface area contributed by atoms with Crippen LogP contribution in [-0.2, 0) is 14.3 Å². The standard InChI is InChI=1S/C26H33N3O5/c1-29(2)16-14-23(25(32)27-15-8-7-13-24(30)31)28-26(33)34-17-22-20-11-5-3-9-18(20)19-10-4-6-12-21(19)22/h3-6,9-12,22-23H,7-8,13-17H2,1-2H3,(H,27,32)(H,28,33)(H,30,31). The molecule has 8 heteroatoms. The van der Waals surface area contributed by atoms with Crippen LogP contribution >= 0.6 is 0 Å². The SMILES string of the molecule is CN(C)CCC(NC(=O)OCC1c2ccccc2-c2ccccc21)C(=O)NCCCCC(=O)O. The molecule has 1 atom stereocenters. The lowest BCUT2D eigenvalue weighted by atomic mass is 9.98. The first kappa shape index (κ1) is 25.2. The number of hydrogen-bond donors (Lipinski definition) is 3. The van der Waals surface area contributed by atoms with Crippen LogP contribution in [-0.4, -0.2) is 67.8 Å². The zero-order valence-corrected chi connectivity index (χ0v) is 19.8. The van der Waals surface area contributed by atoms with Crippen LogP contribution < -0.4 is 10.6 Å². The molecule has 0 radical (unpaired) electrons. The summed E-state index contributed by atoms with van der Waals surface area (Å²) in [4.78, 5) is 37.9. The van der Waals surface area contributed by atoms with Gasteiger partial charge >= 0.3 is 12.1 Å². The molecule has 182 valence electrons. The highest BCUT2D eigenvalue weighted by Gasteiger charge is 2.29. The molecule has 0 aliphatic heterocycles. The Kier molecular flexibility index (Phi) is 9.04. The third kappa shape index (κ3) is 6.81. The Morgan fingerprint density at radius 1 is 1.00 bits per heavy atom. The van der Waals surface area contributed by atoms with Crippen molar-refractivity contribution in [2.75, 3.05) is 33.8 Å². The van der Waals surface area contributed by atoms with Gasteiger partial charge in [-0.25, -0.2) is 4.79 Å². The fourth-order valence-corrected chi connectivity index (χ4v) is 4.17. The van der Waals surface area contributed by atoms with Gasteiger partial charge < -0.3 is 25.4 Å². The van der Waals surface area contributed by atoms with Gasteiger partial charge in [0.05, 0.1) is 0 Å². The molecule has 0 heterocycles. The second-order valence-electron chi connectivity index (χ2n) is 8.76. The summed E-state index contributed by atoms with van der Waals surface area (Å²) in [5.41, 5.74) is 4.55. The van der Waals surface area contributed by atoms with Crippen LogP contribution in [0.15, 0.2) is 48.5 Å². The highest BCUT2D eigenvalue weighted by molar-refractivity contribution is 5.85. The number of benzene rings is 2. The molecule has 2 aromatic carbocycles. The molecule has 0 spiro atoms. The van der Waals surface area contributed by atoms with E-state index in [1.807, 2.05) is 43.3 Å². The smallest absolute Gasteiger partial charge is 0.407 e. The Labute approximate surface area is 200 Å². The van der Waals surface area contributed by atoms with Crippen molar-refractivity contribution >= 4 is 18.0 Å². The molecule has 1 aliphatic rings. The van der Waals surface area contributed by atoms with E-state index in [2.05, 4.69) is 34.9 Å². The summed E-state index contributed by atoms with van der Waals surface area (Å²) in [6.45, 7) is 1.15. The predicted octanol–water partition coefficient (Wildman–Crippen LogP) is 3.22. The van der Waals surface area contributed by atoms with Gasteiger partial charge in [0.25, 0.3) is 0 Å². The lowest BCUT2D eigenvalue weighted by Gasteiger charge is -2.21. The Hall–Kier alpha value is -3.39. The number of aliphatic carboxylic acids is 1. The van der Waals surface area contributed by atoms with E-state index in [1.54, 1.807) is 0 Å². The van der Waals surface area contributed by atoms with Crippen molar-refractivity contribution in [1.82, 2.24) is 15.5 Å². The molecule has 34 heavy (non-hydrogen) atoms. The summed E-state index contributed by atoms with van der Waals surface area (Å²) >= 11 is 0. The number of ether oxygens (including phenoxy) is 1. The van der Waals surface area contributed by atoms with E-state index in [9.17, 15) is 14.4 Å². The number of nitrogens with one attached hydrogen (secondary N) is 2. The summed E-state index contributed by atoms with van der Waals surface area (Å²) in [6, 6.07) is 15.5. The van der Waals surface area contributed by atoms with Crippen LogP contribution in [0.1, 0.15) is 42.7 Å². The normalized spacial score (nSPS) is 13.1. The highest BCUT2D eigenvalue weighted by atomic mass is 16.5. The van der Waals surface area contributed by atoms with E-state index < -0.39 is 18.1 Å². The molecule has 8 nitrogen and oxygen atoms in total. The first-order valence-corrected chi connectivity index (χ1v) is 11.6. The topological polar surface area (TPSA) is 108 Å². The number of alkyl carbamates (subject to hydrolysis) is 1. The van der Waals surface area contributed by atoms with Crippen LogP contribution in [0.3, 0.4) is 0 Å². The predicted molar refractivity (Wildman–Crippen MR) is 130 cm³/mol. The van der Waals surface area contributed by atoms with Crippen LogP contribution in [0.5, 0.6) is 0 Å². The fourth-order valence-electron chi connectivity index (χ4n) is 4.17. The Morgan fingerprint density at radius 3 is 2.21 bits per heavy atom. The van der Waals surface area contributed by atoms with Gasteiger partial charge in [0.15, 0.2) is 0 Å². The summed E-state index contributed by atoms with van der Waals surface area (Å²) < 4.78 is 5.59. The van der Waals surface area contributed by atoms with Crippen LogP contribution in [0.4, 0.5) is 4.79 Å². The molecule has 3 N–H and O–H groups in total. The fraction of sp³-hybridized carbons (Fsp3) is 0.423. The lowest BCUT2D eigenvalue weighted by Crippen LogP contribution is -2.48. The molecule has 0 saturated carbocycles. The maximum atomic E-state index is 12.7. The lowest BCUT2D eigenvalue weighted by molar-refractivity contribution is -0.137. The van der Waals surface area contributed by atoms with E-state index in [-0.39, 0.29) is 24.9 Å². The molecule has 0 saturated heterocycles. The van der Waals surface area contributed by atoms with Gasteiger partial charge in [-0.15, -0.1) is 0 Å². The summed E-state index contributed by atoms with van der Waals surface area (Å²) in [7, 11) is 3.79. The summed E-state index contributed by atoms with van der Waals surface area (Å²) in [6.07, 6.45) is 0.906. The number of carboxylic acids is 1. The average molecular weight is 468 g/mol. The molecule has 2 amide bonds. The Bertz CT molecular complexity index is 962. The number of hydrogen-bond acceptors (Lipinski definition) is 5. The average Bonchev–Trinajstić information content (AvgIpc) is 3.13. The van der Waals surface area contributed by atoms with Crippen molar-refractivity contribution < 1.29 is 24.2 Å². The van der Waals surface area contributed by atoms with Gasteiger partial charge in [0.1, 0.15) is 12.6 Å². The van der Waals surface area contributed by atoms with Crippen molar-refractivity contribution in [3.8, 4) is 11.1 Å². The molecule has 0 aromatic heterocycles. The van der Waals surface area contributed by atoms with Crippen molar-refractivity contribution in [1.29, 1.82) is 0 Å². The van der Waals surface area contributed by atoms with E-state index >= 15 is 0 Å². The number of fused-ring (bicyclic) bond motifs is 3. The Morgan fingerprint density at radius 2 is 1.62 bits per heavy atom. The molecule has 0 bridgehead atoms. The van der Waals surface area contributed by atoms with Crippen molar-refractivity contribution in [3.63, 3.8) is 0 Å². The minimum Gasteiger partial charge on any atom is -0.481 e. The van der Waals surface area contributed by atoms with Gasteiger partial charge in [0, 0.05) is 18.9 Å². The number of nitrogens with zero attached hydrogens (tertiary/aromatic N) is 1. The van der Waals surface area contributed by atoms with Crippen LogP contribution in [0.2, 0.25) is 0 Å². The maximum Gasteiger partial charge on any atom is 0.407 e. The van der Waals surface area contributed by atoms with Crippen LogP contribution in [0, 0.1) is 0 Å². The molecule has 1 aliphatic carbocycles. The van der Waals surface area contributed by atoms with Gasteiger partial charge in [0.2, 0.25) is 5.91 Å². The molecule has 0 fully saturated rings. The quantitative estimate of drug-likeness (QED) is 0.414. The molecule has 1 unspecified atom stereocenters.